The van der Waals surface area contributed by atoms with Gasteiger partial charge >= 0.3 is 0 Å². The van der Waals surface area contributed by atoms with E-state index in [9.17, 15) is 9.59 Å². The lowest BCUT2D eigenvalue weighted by molar-refractivity contribution is -0.116. The van der Waals surface area contributed by atoms with Gasteiger partial charge in [-0.15, -0.1) is 0 Å². The van der Waals surface area contributed by atoms with Gasteiger partial charge in [-0.05, 0) is 24.3 Å². The standard InChI is InChI=1S/C18H16BrNO4/c19-13-3-1-12(2-4-13)15(21)6-8-18(22)20-14-5-7-16-17(11-14)24-10-9-23-16/h1-5,7,11H,6,8-10H2,(H,20,22). The van der Waals surface area contributed by atoms with Crippen LogP contribution in [0, 0.1) is 0 Å². The van der Waals surface area contributed by atoms with Crippen LogP contribution in [0.2, 0.25) is 0 Å². The normalized spacial score (nSPS) is 12.5. The molecule has 0 unspecified atom stereocenters. The Bertz CT molecular complexity index is 758. The Morgan fingerprint density at radius 2 is 1.67 bits per heavy atom. The smallest absolute Gasteiger partial charge is 0.224 e. The minimum absolute atomic E-state index is 0.0557. The summed E-state index contributed by atoms with van der Waals surface area (Å²) in [5.74, 6) is 1.02. The zero-order chi connectivity index (χ0) is 16.9. The van der Waals surface area contributed by atoms with Crippen LogP contribution < -0.4 is 14.8 Å². The molecular formula is C18H16BrNO4. The molecule has 0 saturated carbocycles. The third kappa shape index (κ3) is 4.14. The zero-order valence-electron chi connectivity index (χ0n) is 12.9. The van der Waals surface area contributed by atoms with E-state index in [-0.39, 0.29) is 24.5 Å². The third-order valence-corrected chi connectivity index (χ3v) is 4.10. The summed E-state index contributed by atoms with van der Waals surface area (Å²) < 4.78 is 11.8. The van der Waals surface area contributed by atoms with E-state index >= 15 is 0 Å². The van der Waals surface area contributed by atoms with Gasteiger partial charge in [0.2, 0.25) is 5.91 Å². The van der Waals surface area contributed by atoms with Crippen molar-refractivity contribution in [1.82, 2.24) is 0 Å². The molecule has 1 N–H and O–H groups in total. The van der Waals surface area contributed by atoms with Crippen LogP contribution >= 0.6 is 15.9 Å². The maximum Gasteiger partial charge on any atom is 0.224 e. The Kier molecular flexibility index (Phi) is 5.15. The quantitative estimate of drug-likeness (QED) is 0.789. The highest BCUT2D eigenvalue weighted by molar-refractivity contribution is 9.10. The number of amides is 1. The average Bonchev–Trinajstić information content (AvgIpc) is 2.60. The number of halogens is 1. The van der Waals surface area contributed by atoms with E-state index in [1.807, 2.05) is 12.1 Å². The van der Waals surface area contributed by atoms with Crippen LogP contribution in [0.3, 0.4) is 0 Å². The number of carbonyl (C=O) groups excluding carboxylic acids is 2. The molecule has 0 saturated heterocycles. The van der Waals surface area contributed by atoms with Crippen LogP contribution in [0.5, 0.6) is 11.5 Å². The molecule has 0 bridgehead atoms. The van der Waals surface area contributed by atoms with Gasteiger partial charge in [0.25, 0.3) is 0 Å². The molecule has 5 nitrogen and oxygen atoms in total. The number of ether oxygens (including phenoxy) is 2. The summed E-state index contributed by atoms with van der Waals surface area (Å²) in [5, 5.41) is 2.77. The molecule has 6 heteroatoms. The molecule has 0 spiro atoms. The first-order valence-electron chi connectivity index (χ1n) is 7.60. The molecule has 24 heavy (non-hydrogen) atoms. The lowest BCUT2D eigenvalue weighted by Crippen LogP contribution is -2.16. The predicted octanol–water partition coefficient (Wildman–Crippen LogP) is 3.82. The van der Waals surface area contributed by atoms with Gasteiger partial charge < -0.3 is 14.8 Å². The molecule has 0 atom stereocenters. The first-order valence-corrected chi connectivity index (χ1v) is 8.39. The maximum absolute atomic E-state index is 12.1. The zero-order valence-corrected chi connectivity index (χ0v) is 14.5. The van der Waals surface area contributed by atoms with E-state index in [4.69, 9.17) is 9.47 Å². The number of fused-ring (bicyclic) bond motifs is 1. The second kappa shape index (κ2) is 7.49. The van der Waals surface area contributed by atoms with Crippen LogP contribution in [-0.4, -0.2) is 24.9 Å². The molecule has 1 heterocycles. The van der Waals surface area contributed by atoms with Gasteiger partial charge in [-0.25, -0.2) is 0 Å². The first-order chi connectivity index (χ1) is 11.6. The second-order valence-corrected chi connectivity index (χ2v) is 6.25. The number of nitrogens with one attached hydrogen (secondary N) is 1. The number of anilines is 1. The highest BCUT2D eigenvalue weighted by atomic mass is 79.9. The number of carbonyl (C=O) groups is 2. The fourth-order valence-electron chi connectivity index (χ4n) is 2.35. The Morgan fingerprint density at radius 3 is 2.42 bits per heavy atom. The minimum Gasteiger partial charge on any atom is -0.486 e. The molecule has 124 valence electrons. The lowest BCUT2D eigenvalue weighted by atomic mass is 10.1. The number of hydrogen-bond acceptors (Lipinski definition) is 4. The molecule has 0 fully saturated rings. The molecule has 0 radical (unpaired) electrons. The molecule has 0 aliphatic carbocycles. The SMILES string of the molecule is O=C(CCC(=O)c1ccc(Br)cc1)Nc1ccc2c(c1)OCCO2. The van der Waals surface area contributed by atoms with Gasteiger partial charge in [0.15, 0.2) is 17.3 Å². The van der Waals surface area contributed by atoms with E-state index < -0.39 is 0 Å². The van der Waals surface area contributed by atoms with Crippen molar-refractivity contribution < 1.29 is 19.1 Å². The average molecular weight is 390 g/mol. The van der Waals surface area contributed by atoms with E-state index in [1.54, 1.807) is 30.3 Å². The summed E-state index contributed by atoms with van der Waals surface area (Å²) >= 11 is 3.33. The molecule has 0 aromatic heterocycles. The third-order valence-electron chi connectivity index (χ3n) is 3.57. The summed E-state index contributed by atoms with van der Waals surface area (Å²) in [6, 6.07) is 12.3. The lowest BCUT2D eigenvalue weighted by Gasteiger charge is -2.19. The van der Waals surface area contributed by atoms with E-state index in [2.05, 4.69) is 21.2 Å². The molecule has 2 aromatic carbocycles. The number of hydrogen-bond donors (Lipinski definition) is 1. The van der Waals surface area contributed by atoms with Gasteiger partial charge in [0.1, 0.15) is 13.2 Å². The molecule has 2 aromatic rings. The van der Waals surface area contributed by atoms with Gasteiger partial charge in [0, 0.05) is 34.6 Å². The van der Waals surface area contributed by atoms with Crippen molar-refractivity contribution in [3.63, 3.8) is 0 Å². The Morgan fingerprint density at radius 1 is 0.958 bits per heavy atom. The molecule has 3 rings (SSSR count). The van der Waals surface area contributed by atoms with Crippen molar-refractivity contribution in [2.45, 2.75) is 12.8 Å². The summed E-state index contributed by atoms with van der Waals surface area (Å²) in [7, 11) is 0. The van der Waals surface area contributed by atoms with Crippen LogP contribution in [0.1, 0.15) is 23.2 Å². The molecule has 1 aliphatic rings. The number of benzene rings is 2. The topological polar surface area (TPSA) is 64.6 Å². The summed E-state index contributed by atoms with van der Waals surface area (Å²) in [6.07, 6.45) is 0.293. The summed E-state index contributed by atoms with van der Waals surface area (Å²) in [6.45, 7) is 1.02. The summed E-state index contributed by atoms with van der Waals surface area (Å²) in [5.41, 5.74) is 1.23. The monoisotopic (exact) mass is 389 g/mol. The predicted molar refractivity (Wildman–Crippen MR) is 93.8 cm³/mol. The maximum atomic E-state index is 12.1. The minimum atomic E-state index is -0.211. The highest BCUT2D eigenvalue weighted by Gasteiger charge is 2.14. The Hall–Kier alpha value is -2.34. The van der Waals surface area contributed by atoms with E-state index in [1.165, 1.54) is 0 Å². The van der Waals surface area contributed by atoms with Crippen molar-refractivity contribution in [1.29, 1.82) is 0 Å². The number of Topliss-reactive ketones (excluding diaryl/α,β-unsaturated/α-hetero) is 1. The molecule has 1 amide bonds. The highest BCUT2D eigenvalue weighted by Crippen LogP contribution is 2.32. The van der Waals surface area contributed by atoms with E-state index in [0.29, 0.717) is 36.0 Å². The van der Waals surface area contributed by atoms with Gasteiger partial charge in [0.05, 0.1) is 0 Å². The Labute approximate surface area is 148 Å². The number of rotatable bonds is 5. The van der Waals surface area contributed by atoms with Crippen LogP contribution in [0.25, 0.3) is 0 Å². The second-order valence-electron chi connectivity index (χ2n) is 5.34. The van der Waals surface area contributed by atoms with Crippen molar-refractivity contribution in [2.75, 3.05) is 18.5 Å². The van der Waals surface area contributed by atoms with Crippen molar-refractivity contribution in [3.05, 3.63) is 52.5 Å². The largest absolute Gasteiger partial charge is 0.486 e. The van der Waals surface area contributed by atoms with E-state index in [0.717, 1.165) is 4.47 Å². The van der Waals surface area contributed by atoms with Crippen LogP contribution in [0.4, 0.5) is 5.69 Å². The van der Waals surface area contributed by atoms with Crippen molar-refractivity contribution in [2.24, 2.45) is 0 Å². The fourth-order valence-corrected chi connectivity index (χ4v) is 2.62. The van der Waals surface area contributed by atoms with Gasteiger partial charge in [-0.3, -0.25) is 9.59 Å². The molecule has 1 aliphatic heterocycles. The molecular weight excluding hydrogens is 374 g/mol. The van der Waals surface area contributed by atoms with Crippen LogP contribution in [0.15, 0.2) is 46.9 Å². The van der Waals surface area contributed by atoms with Gasteiger partial charge in [-0.2, -0.15) is 0 Å². The number of ketones is 1. The van der Waals surface area contributed by atoms with Crippen molar-refractivity contribution in [3.8, 4) is 11.5 Å². The first kappa shape index (κ1) is 16.5. The van der Waals surface area contributed by atoms with Crippen molar-refractivity contribution >= 4 is 33.3 Å². The Balaban J connectivity index is 1.54. The fraction of sp³-hybridized carbons (Fsp3) is 0.222. The summed E-state index contributed by atoms with van der Waals surface area (Å²) in [4.78, 5) is 24.1. The van der Waals surface area contributed by atoms with Gasteiger partial charge in [-0.1, -0.05) is 28.1 Å². The van der Waals surface area contributed by atoms with Crippen LogP contribution in [-0.2, 0) is 4.79 Å².